The van der Waals surface area contributed by atoms with Gasteiger partial charge in [-0.15, -0.1) is 8.78 Å². The number of aryl methyl sites for hydroxylation is 1. The van der Waals surface area contributed by atoms with Gasteiger partial charge in [0.15, 0.2) is 11.5 Å². The zero-order chi connectivity index (χ0) is 22.5. The molecule has 0 bridgehead atoms. The molecule has 0 spiro atoms. The Morgan fingerprint density at radius 2 is 1.75 bits per heavy atom. The molecule has 3 aromatic carbocycles. The number of anilines is 1. The molecule has 5 rings (SSSR count). The van der Waals surface area contributed by atoms with Gasteiger partial charge in [-0.2, -0.15) is 0 Å². The van der Waals surface area contributed by atoms with E-state index in [9.17, 15) is 18.7 Å². The standard InChI is InChI=1S/C25H21F2NO4.H2/c1-15-2-8-19(13-20(15)17-5-3-16(14-29)4-6-17)28-23(30)24(10-11-24)18-7-9-21-22(12-18)32-25(26,27)31-21;/h2-9,12-13,29H,10-11,14H2,1H3,(H,28,30);1H. The number of rotatable bonds is 5. The van der Waals surface area contributed by atoms with E-state index in [0.29, 0.717) is 24.1 Å². The monoisotopic (exact) mass is 439 g/mol. The normalized spacial score (nSPS) is 17.1. The Bertz CT molecular complexity index is 1210. The highest BCUT2D eigenvalue weighted by Crippen LogP contribution is 2.52. The molecule has 3 aromatic rings. The van der Waals surface area contributed by atoms with E-state index in [-0.39, 0.29) is 25.4 Å². The van der Waals surface area contributed by atoms with Crippen LogP contribution in [0.2, 0.25) is 0 Å². The van der Waals surface area contributed by atoms with Crippen molar-refractivity contribution in [2.24, 2.45) is 0 Å². The first-order chi connectivity index (χ1) is 15.3. The van der Waals surface area contributed by atoms with E-state index < -0.39 is 11.7 Å². The zero-order valence-corrected chi connectivity index (χ0v) is 17.3. The Morgan fingerprint density at radius 1 is 1.03 bits per heavy atom. The van der Waals surface area contributed by atoms with Crippen LogP contribution in [0, 0.1) is 6.92 Å². The number of benzene rings is 3. The van der Waals surface area contributed by atoms with Crippen LogP contribution in [0.5, 0.6) is 11.5 Å². The highest BCUT2D eigenvalue weighted by atomic mass is 19.3. The fraction of sp³-hybridized carbons (Fsp3) is 0.240. The third-order valence-corrected chi connectivity index (χ3v) is 6.08. The van der Waals surface area contributed by atoms with Crippen molar-refractivity contribution in [3.05, 3.63) is 77.4 Å². The molecule has 7 heteroatoms. The zero-order valence-electron chi connectivity index (χ0n) is 17.3. The van der Waals surface area contributed by atoms with Crippen LogP contribution in [0.3, 0.4) is 0 Å². The summed E-state index contributed by atoms with van der Waals surface area (Å²) in [4.78, 5) is 13.2. The molecule has 1 aliphatic carbocycles. The average Bonchev–Trinajstić information content (AvgIpc) is 3.52. The van der Waals surface area contributed by atoms with Crippen molar-refractivity contribution in [3.63, 3.8) is 0 Å². The van der Waals surface area contributed by atoms with Crippen LogP contribution in [0.25, 0.3) is 11.1 Å². The molecule has 1 fully saturated rings. The minimum atomic E-state index is -3.69. The smallest absolute Gasteiger partial charge is 0.395 e. The van der Waals surface area contributed by atoms with E-state index >= 15 is 0 Å². The third-order valence-electron chi connectivity index (χ3n) is 6.08. The lowest BCUT2D eigenvalue weighted by molar-refractivity contribution is -0.286. The summed E-state index contributed by atoms with van der Waals surface area (Å²) in [7, 11) is 0. The number of halogens is 2. The number of carbonyl (C=O) groups is 1. The predicted octanol–water partition coefficient (Wildman–Crippen LogP) is 5.39. The summed E-state index contributed by atoms with van der Waals surface area (Å²) in [6.07, 6.45) is -2.44. The fourth-order valence-electron chi connectivity index (χ4n) is 4.07. The van der Waals surface area contributed by atoms with Gasteiger partial charge >= 0.3 is 6.29 Å². The molecule has 1 aliphatic heterocycles. The number of fused-ring (bicyclic) bond motifs is 1. The Hall–Kier alpha value is -3.45. The molecular weight excluding hydrogens is 416 g/mol. The van der Waals surface area contributed by atoms with Crippen LogP contribution in [0.15, 0.2) is 60.7 Å². The molecule has 2 N–H and O–H groups in total. The van der Waals surface area contributed by atoms with Crippen molar-refractivity contribution in [1.29, 1.82) is 0 Å². The maximum absolute atomic E-state index is 13.3. The maximum atomic E-state index is 13.3. The Balaban J connectivity index is 0.00000259. The summed E-state index contributed by atoms with van der Waals surface area (Å²) in [5, 5.41) is 12.2. The highest BCUT2D eigenvalue weighted by Gasteiger charge is 2.52. The van der Waals surface area contributed by atoms with Crippen LogP contribution < -0.4 is 14.8 Å². The molecule has 32 heavy (non-hydrogen) atoms. The maximum Gasteiger partial charge on any atom is 0.586 e. The number of amides is 1. The van der Waals surface area contributed by atoms with Crippen molar-refractivity contribution < 1.29 is 29.6 Å². The average molecular weight is 439 g/mol. The second-order valence-corrected chi connectivity index (χ2v) is 8.25. The van der Waals surface area contributed by atoms with E-state index in [2.05, 4.69) is 14.8 Å². The fourth-order valence-corrected chi connectivity index (χ4v) is 4.07. The second-order valence-electron chi connectivity index (χ2n) is 8.25. The molecule has 2 aliphatic rings. The first-order valence-electron chi connectivity index (χ1n) is 10.3. The van der Waals surface area contributed by atoms with E-state index in [1.165, 1.54) is 12.1 Å². The lowest BCUT2D eigenvalue weighted by atomic mass is 9.94. The van der Waals surface area contributed by atoms with Gasteiger partial charge in [0.05, 0.1) is 12.0 Å². The predicted molar refractivity (Wildman–Crippen MR) is 117 cm³/mol. The minimum absolute atomic E-state index is 0. The van der Waals surface area contributed by atoms with Crippen LogP contribution in [-0.4, -0.2) is 17.3 Å². The van der Waals surface area contributed by atoms with Gasteiger partial charge in [-0.25, -0.2) is 0 Å². The van der Waals surface area contributed by atoms with Gasteiger partial charge in [0.1, 0.15) is 0 Å². The van der Waals surface area contributed by atoms with Crippen LogP contribution in [0.1, 0.15) is 31.0 Å². The molecule has 0 unspecified atom stereocenters. The summed E-state index contributed by atoms with van der Waals surface area (Å²) in [6, 6.07) is 17.8. The van der Waals surface area contributed by atoms with Gasteiger partial charge in [-0.1, -0.05) is 36.4 Å². The Kier molecular flexibility index (Phi) is 4.67. The number of alkyl halides is 2. The first kappa shape index (κ1) is 20.5. The van der Waals surface area contributed by atoms with Crippen molar-refractivity contribution in [1.82, 2.24) is 0 Å². The molecule has 5 nitrogen and oxygen atoms in total. The highest BCUT2D eigenvalue weighted by molar-refractivity contribution is 6.02. The molecule has 1 saturated carbocycles. The molecule has 0 atom stereocenters. The summed E-state index contributed by atoms with van der Waals surface area (Å²) in [5.74, 6) is -0.283. The van der Waals surface area contributed by atoms with Gasteiger partial charge in [-0.3, -0.25) is 4.79 Å². The number of aliphatic hydroxyl groups is 1. The summed E-state index contributed by atoms with van der Waals surface area (Å²) in [5.41, 5.74) is 4.34. The Labute approximate surface area is 185 Å². The number of nitrogens with one attached hydrogen (secondary N) is 1. The van der Waals surface area contributed by atoms with E-state index in [4.69, 9.17) is 0 Å². The quantitative estimate of drug-likeness (QED) is 0.559. The molecular formula is C25H23F2NO4. The van der Waals surface area contributed by atoms with Crippen molar-refractivity contribution >= 4 is 11.6 Å². The molecule has 0 radical (unpaired) electrons. The summed E-state index contributed by atoms with van der Waals surface area (Å²) >= 11 is 0. The van der Waals surface area contributed by atoms with E-state index in [1.807, 2.05) is 49.4 Å². The van der Waals surface area contributed by atoms with Gasteiger partial charge in [-0.05, 0) is 71.8 Å². The first-order valence-corrected chi connectivity index (χ1v) is 10.3. The van der Waals surface area contributed by atoms with Crippen molar-refractivity contribution in [2.45, 2.75) is 38.1 Å². The molecule has 0 saturated heterocycles. The number of ether oxygens (including phenoxy) is 2. The lowest BCUT2D eigenvalue weighted by Crippen LogP contribution is -2.28. The van der Waals surface area contributed by atoms with Crippen LogP contribution in [0.4, 0.5) is 14.5 Å². The van der Waals surface area contributed by atoms with Gasteiger partial charge < -0.3 is 19.9 Å². The third kappa shape index (κ3) is 3.58. The Morgan fingerprint density at radius 3 is 2.44 bits per heavy atom. The van der Waals surface area contributed by atoms with Crippen molar-refractivity contribution in [2.75, 3.05) is 5.32 Å². The summed E-state index contributed by atoms with van der Waals surface area (Å²) in [6.45, 7) is 1.97. The van der Waals surface area contributed by atoms with Gasteiger partial charge in [0.25, 0.3) is 0 Å². The number of hydrogen-bond donors (Lipinski definition) is 2. The topological polar surface area (TPSA) is 67.8 Å². The molecule has 0 aromatic heterocycles. The summed E-state index contributed by atoms with van der Waals surface area (Å²) < 4.78 is 35.7. The minimum Gasteiger partial charge on any atom is -0.395 e. The number of carbonyl (C=O) groups excluding carboxylic acids is 1. The van der Waals surface area contributed by atoms with E-state index in [1.54, 1.807) is 6.07 Å². The number of aliphatic hydroxyl groups excluding tert-OH is 1. The van der Waals surface area contributed by atoms with Crippen molar-refractivity contribution in [3.8, 4) is 22.6 Å². The SMILES string of the molecule is Cc1ccc(NC(=O)C2(c3ccc4c(c3)OC(F)(F)O4)CC2)cc1-c1ccc(CO)cc1.[HH]. The largest absolute Gasteiger partial charge is 0.586 e. The van der Waals surface area contributed by atoms with Gasteiger partial charge in [0, 0.05) is 7.11 Å². The van der Waals surface area contributed by atoms with Gasteiger partial charge in [0.2, 0.25) is 5.91 Å². The van der Waals surface area contributed by atoms with E-state index in [0.717, 1.165) is 22.3 Å². The number of hydrogen-bond acceptors (Lipinski definition) is 4. The van der Waals surface area contributed by atoms with Crippen LogP contribution >= 0.6 is 0 Å². The molecule has 1 heterocycles. The second kappa shape index (κ2) is 7.31. The molecule has 1 amide bonds. The van der Waals surface area contributed by atoms with Crippen LogP contribution in [-0.2, 0) is 16.8 Å². The molecule has 166 valence electrons. The lowest BCUT2D eigenvalue weighted by Gasteiger charge is -2.17.